The Labute approximate surface area is 106 Å². The van der Waals surface area contributed by atoms with Gasteiger partial charge in [0.2, 0.25) is 0 Å². The van der Waals surface area contributed by atoms with Crippen molar-refractivity contribution in [2.45, 2.75) is 25.8 Å². The fraction of sp³-hybridized carbons (Fsp3) is 0.818. The second-order valence-electron chi connectivity index (χ2n) is 3.96. The van der Waals surface area contributed by atoms with Gasteiger partial charge in [0.15, 0.2) is 0 Å². The summed E-state index contributed by atoms with van der Waals surface area (Å²) < 4.78 is 9.60. The summed E-state index contributed by atoms with van der Waals surface area (Å²) >= 11 is 0. The van der Waals surface area contributed by atoms with E-state index >= 15 is 0 Å². The van der Waals surface area contributed by atoms with Crippen LogP contribution in [0.25, 0.3) is 0 Å². The first kappa shape index (κ1) is 14.6. The molecule has 0 aliphatic carbocycles. The van der Waals surface area contributed by atoms with Crippen LogP contribution in [0.15, 0.2) is 0 Å². The summed E-state index contributed by atoms with van der Waals surface area (Å²) in [6.07, 6.45) is 0.512. The van der Waals surface area contributed by atoms with Crippen molar-refractivity contribution >= 4 is 12.2 Å². The van der Waals surface area contributed by atoms with E-state index in [1.165, 1.54) is 0 Å². The number of aliphatic hydroxyl groups is 1. The lowest BCUT2D eigenvalue weighted by molar-refractivity contribution is 0.0907. The van der Waals surface area contributed by atoms with Gasteiger partial charge < -0.3 is 24.8 Å². The van der Waals surface area contributed by atoms with Gasteiger partial charge >= 0.3 is 12.2 Å². The molecule has 0 aromatic rings. The summed E-state index contributed by atoms with van der Waals surface area (Å²) in [4.78, 5) is 24.3. The van der Waals surface area contributed by atoms with E-state index in [0.717, 1.165) is 0 Å². The van der Waals surface area contributed by atoms with Crippen LogP contribution >= 0.6 is 0 Å². The molecule has 104 valence electrons. The van der Waals surface area contributed by atoms with Crippen molar-refractivity contribution in [2.75, 3.05) is 32.9 Å². The number of aliphatic hydroxyl groups excluding tert-OH is 1. The number of likely N-dealkylation sites (tertiary alicyclic amines) is 1. The maximum absolute atomic E-state index is 11.4. The average molecular weight is 260 g/mol. The van der Waals surface area contributed by atoms with Gasteiger partial charge in [-0.05, 0) is 19.8 Å². The molecule has 0 aromatic heterocycles. The van der Waals surface area contributed by atoms with Crippen LogP contribution in [-0.2, 0) is 9.47 Å². The molecule has 2 amide bonds. The van der Waals surface area contributed by atoms with Crippen molar-refractivity contribution in [2.24, 2.45) is 0 Å². The Morgan fingerprint density at radius 2 is 2.00 bits per heavy atom. The minimum Gasteiger partial charge on any atom is -0.450 e. The molecule has 0 atom stereocenters. The van der Waals surface area contributed by atoms with E-state index in [1.807, 2.05) is 0 Å². The van der Waals surface area contributed by atoms with Gasteiger partial charge in [0.25, 0.3) is 0 Å². The maximum atomic E-state index is 11.4. The number of carbonyl (C=O) groups is 2. The molecule has 0 bridgehead atoms. The van der Waals surface area contributed by atoms with Gasteiger partial charge in [-0.1, -0.05) is 0 Å². The number of rotatable bonds is 4. The fourth-order valence-corrected chi connectivity index (χ4v) is 1.77. The number of piperidine rings is 1. The lowest BCUT2D eigenvalue weighted by Gasteiger charge is -2.31. The van der Waals surface area contributed by atoms with E-state index in [1.54, 1.807) is 11.8 Å². The summed E-state index contributed by atoms with van der Waals surface area (Å²) in [6, 6.07) is 0.00173. The molecule has 0 saturated carbocycles. The summed E-state index contributed by atoms with van der Waals surface area (Å²) in [6.45, 7) is 3.06. The number of carbonyl (C=O) groups excluding carboxylic acids is 2. The third kappa shape index (κ3) is 4.79. The zero-order valence-electron chi connectivity index (χ0n) is 10.6. The van der Waals surface area contributed by atoms with E-state index in [-0.39, 0.29) is 25.3 Å². The van der Waals surface area contributed by atoms with Gasteiger partial charge in [0.05, 0.1) is 13.2 Å². The van der Waals surface area contributed by atoms with Gasteiger partial charge in [0.1, 0.15) is 6.61 Å². The highest BCUT2D eigenvalue weighted by atomic mass is 16.6. The van der Waals surface area contributed by atoms with Crippen molar-refractivity contribution in [1.29, 1.82) is 0 Å². The average Bonchev–Trinajstić information content (AvgIpc) is 2.37. The number of nitrogens with one attached hydrogen (secondary N) is 1. The molecule has 0 unspecified atom stereocenters. The van der Waals surface area contributed by atoms with Gasteiger partial charge in [-0.15, -0.1) is 0 Å². The van der Waals surface area contributed by atoms with Crippen LogP contribution in [0, 0.1) is 0 Å². The monoisotopic (exact) mass is 260 g/mol. The summed E-state index contributed by atoms with van der Waals surface area (Å²) in [5.41, 5.74) is 0. The molecular weight excluding hydrogens is 240 g/mol. The first-order valence-electron chi connectivity index (χ1n) is 6.13. The van der Waals surface area contributed by atoms with E-state index < -0.39 is 6.09 Å². The number of amides is 2. The van der Waals surface area contributed by atoms with E-state index in [4.69, 9.17) is 14.6 Å². The van der Waals surface area contributed by atoms with Crippen LogP contribution in [0.5, 0.6) is 0 Å². The number of ether oxygens (including phenoxy) is 2. The minimum atomic E-state index is -0.529. The van der Waals surface area contributed by atoms with Crippen LogP contribution in [0.3, 0.4) is 0 Å². The Morgan fingerprint density at radius 3 is 2.56 bits per heavy atom. The molecule has 0 aromatic carbocycles. The number of alkyl carbamates (subject to hydrolysis) is 1. The van der Waals surface area contributed by atoms with Crippen molar-refractivity contribution in [1.82, 2.24) is 10.2 Å². The largest absolute Gasteiger partial charge is 0.450 e. The summed E-state index contributed by atoms with van der Waals surface area (Å²) in [5, 5.41) is 11.2. The summed E-state index contributed by atoms with van der Waals surface area (Å²) in [7, 11) is 0. The molecule has 1 aliphatic heterocycles. The Hall–Kier alpha value is -1.50. The predicted octanol–water partition coefficient (Wildman–Crippen LogP) is 0.326. The first-order valence-corrected chi connectivity index (χ1v) is 6.13. The van der Waals surface area contributed by atoms with E-state index in [9.17, 15) is 9.59 Å². The van der Waals surface area contributed by atoms with E-state index in [2.05, 4.69) is 5.32 Å². The van der Waals surface area contributed by atoms with Crippen LogP contribution < -0.4 is 5.32 Å². The second kappa shape index (κ2) is 7.75. The fourth-order valence-electron chi connectivity index (χ4n) is 1.77. The molecule has 1 fully saturated rings. The summed E-state index contributed by atoms with van der Waals surface area (Å²) in [5.74, 6) is 0. The number of nitrogens with zero attached hydrogens (tertiary/aromatic N) is 1. The molecule has 18 heavy (non-hydrogen) atoms. The van der Waals surface area contributed by atoms with Crippen LogP contribution in [-0.4, -0.2) is 61.1 Å². The lowest BCUT2D eigenvalue weighted by atomic mass is 10.1. The first-order chi connectivity index (χ1) is 8.67. The van der Waals surface area contributed by atoms with Crippen molar-refractivity contribution in [3.05, 3.63) is 0 Å². The predicted molar refractivity (Wildman–Crippen MR) is 63.2 cm³/mol. The van der Waals surface area contributed by atoms with Crippen LogP contribution in [0.4, 0.5) is 9.59 Å². The van der Waals surface area contributed by atoms with Gasteiger partial charge in [0, 0.05) is 19.1 Å². The van der Waals surface area contributed by atoms with E-state index in [0.29, 0.717) is 32.5 Å². The van der Waals surface area contributed by atoms with Gasteiger partial charge in [-0.3, -0.25) is 0 Å². The Bertz CT molecular complexity index is 277. The second-order valence-corrected chi connectivity index (χ2v) is 3.96. The van der Waals surface area contributed by atoms with Gasteiger partial charge in [-0.25, -0.2) is 9.59 Å². The zero-order valence-corrected chi connectivity index (χ0v) is 10.6. The lowest BCUT2D eigenvalue weighted by Crippen LogP contribution is -2.46. The molecule has 1 aliphatic rings. The molecular formula is C11H20N2O5. The number of hydrogen-bond acceptors (Lipinski definition) is 5. The van der Waals surface area contributed by atoms with Crippen LogP contribution in [0.2, 0.25) is 0 Å². The molecule has 2 N–H and O–H groups in total. The van der Waals surface area contributed by atoms with Crippen LogP contribution in [0.1, 0.15) is 19.8 Å². The minimum absolute atomic E-state index is 0.00173. The highest BCUT2D eigenvalue weighted by molar-refractivity contribution is 5.68. The quantitative estimate of drug-likeness (QED) is 0.760. The third-order valence-corrected chi connectivity index (χ3v) is 2.67. The SMILES string of the molecule is CCOC(=O)N1CCC(NC(=O)OCCO)CC1. The molecule has 1 heterocycles. The van der Waals surface area contributed by atoms with Crippen molar-refractivity contribution in [3.8, 4) is 0 Å². The van der Waals surface area contributed by atoms with Gasteiger partial charge in [-0.2, -0.15) is 0 Å². The topological polar surface area (TPSA) is 88.1 Å². The normalized spacial score (nSPS) is 16.2. The molecule has 1 rings (SSSR count). The Balaban J connectivity index is 2.22. The smallest absolute Gasteiger partial charge is 0.409 e. The molecule has 0 spiro atoms. The Morgan fingerprint density at radius 1 is 1.33 bits per heavy atom. The molecule has 1 saturated heterocycles. The number of hydrogen-bond donors (Lipinski definition) is 2. The molecule has 7 nitrogen and oxygen atoms in total. The Kier molecular flexibility index (Phi) is 6.27. The van der Waals surface area contributed by atoms with Crippen molar-refractivity contribution in [3.63, 3.8) is 0 Å². The highest BCUT2D eigenvalue weighted by Crippen LogP contribution is 2.11. The standard InChI is InChI=1S/C11H20N2O5/c1-2-17-11(16)13-5-3-9(4-6-13)12-10(15)18-8-7-14/h9,14H,2-8H2,1H3,(H,12,15). The maximum Gasteiger partial charge on any atom is 0.409 e. The third-order valence-electron chi connectivity index (χ3n) is 2.67. The highest BCUT2D eigenvalue weighted by Gasteiger charge is 2.24. The molecule has 7 heteroatoms. The molecule has 0 radical (unpaired) electrons. The zero-order chi connectivity index (χ0) is 13.4. The van der Waals surface area contributed by atoms with Crippen molar-refractivity contribution < 1.29 is 24.2 Å².